The summed E-state index contributed by atoms with van der Waals surface area (Å²) in [5.74, 6) is -0.125. The Balaban J connectivity index is 2.90. The Morgan fingerprint density at radius 1 is 1.13 bits per heavy atom. The number of hydrogen-bond acceptors (Lipinski definition) is 1. The standard InChI is InChI=1S/C10H8Cl3NO/c1-6(15)14-8-4-2-7(3-5-8)9(11)10(12)13/h2-5H,1H3,(H,14,15). The minimum atomic E-state index is -0.125. The zero-order valence-electron chi connectivity index (χ0n) is 7.85. The summed E-state index contributed by atoms with van der Waals surface area (Å²) in [6.45, 7) is 1.44. The average molecular weight is 265 g/mol. The fourth-order valence-electron chi connectivity index (χ4n) is 1.01. The molecule has 80 valence electrons. The fraction of sp³-hybridized carbons (Fsp3) is 0.100. The Labute approximate surface area is 103 Å². The van der Waals surface area contributed by atoms with Crippen molar-refractivity contribution in [1.82, 2.24) is 0 Å². The molecule has 0 aliphatic carbocycles. The SMILES string of the molecule is CC(=O)Nc1ccc(C(Cl)=C(Cl)Cl)cc1. The monoisotopic (exact) mass is 263 g/mol. The first kappa shape index (κ1) is 12.4. The third-order valence-electron chi connectivity index (χ3n) is 1.62. The second-order valence-corrected chi connectivity index (χ2v) is 4.16. The van der Waals surface area contributed by atoms with E-state index in [-0.39, 0.29) is 15.4 Å². The van der Waals surface area contributed by atoms with E-state index in [2.05, 4.69) is 5.32 Å². The van der Waals surface area contributed by atoms with Gasteiger partial charge in [-0.1, -0.05) is 46.9 Å². The van der Waals surface area contributed by atoms with Gasteiger partial charge >= 0.3 is 0 Å². The van der Waals surface area contributed by atoms with Gasteiger partial charge in [-0.15, -0.1) is 0 Å². The Kier molecular flexibility index (Phi) is 4.45. The zero-order chi connectivity index (χ0) is 11.4. The number of amides is 1. The van der Waals surface area contributed by atoms with Crippen molar-refractivity contribution in [3.05, 3.63) is 34.3 Å². The van der Waals surface area contributed by atoms with Crippen LogP contribution in [0.3, 0.4) is 0 Å². The molecule has 1 aromatic carbocycles. The summed E-state index contributed by atoms with van der Waals surface area (Å²) in [6, 6.07) is 6.88. The second-order valence-electron chi connectivity index (χ2n) is 2.83. The number of nitrogens with one attached hydrogen (secondary N) is 1. The molecule has 0 saturated carbocycles. The van der Waals surface area contributed by atoms with Gasteiger partial charge in [-0.3, -0.25) is 4.79 Å². The molecule has 1 amide bonds. The molecule has 0 atom stereocenters. The van der Waals surface area contributed by atoms with Gasteiger partial charge in [0.15, 0.2) is 0 Å². The Morgan fingerprint density at radius 2 is 1.67 bits per heavy atom. The molecule has 0 radical (unpaired) electrons. The normalized spacial score (nSPS) is 9.60. The van der Waals surface area contributed by atoms with Crippen molar-refractivity contribution in [2.75, 3.05) is 5.32 Å². The van der Waals surface area contributed by atoms with Gasteiger partial charge in [-0.25, -0.2) is 0 Å². The highest BCUT2D eigenvalue weighted by atomic mass is 35.5. The van der Waals surface area contributed by atoms with E-state index < -0.39 is 0 Å². The highest BCUT2D eigenvalue weighted by Crippen LogP contribution is 2.28. The van der Waals surface area contributed by atoms with Gasteiger partial charge < -0.3 is 5.32 Å². The van der Waals surface area contributed by atoms with Gasteiger partial charge in [0.05, 0.1) is 5.03 Å². The number of rotatable bonds is 2. The molecule has 0 saturated heterocycles. The number of carbonyl (C=O) groups is 1. The third kappa shape index (κ3) is 3.74. The average Bonchev–Trinajstić information content (AvgIpc) is 2.17. The molecule has 1 aromatic rings. The van der Waals surface area contributed by atoms with E-state index in [1.165, 1.54) is 6.92 Å². The molecular formula is C10H8Cl3NO. The van der Waals surface area contributed by atoms with Crippen molar-refractivity contribution < 1.29 is 4.79 Å². The lowest BCUT2D eigenvalue weighted by molar-refractivity contribution is -0.114. The molecule has 1 N–H and O–H groups in total. The first-order chi connectivity index (χ1) is 7.00. The van der Waals surface area contributed by atoms with E-state index in [9.17, 15) is 4.79 Å². The molecule has 0 aliphatic rings. The summed E-state index contributed by atoms with van der Waals surface area (Å²) in [6.07, 6.45) is 0. The predicted molar refractivity (Wildman–Crippen MR) is 65.2 cm³/mol. The van der Waals surface area contributed by atoms with Crippen molar-refractivity contribution >= 4 is 51.4 Å². The molecule has 5 heteroatoms. The van der Waals surface area contributed by atoms with Crippen LogP contribution in [-0.4, -0.2) is 5.91 Å². The molecule has 0 spiro atoms. The van der Waals surface area contributed by atoms with Gasteiger partial charge in [0, 0.05) is 12.6 Å². The summed E-state index contributed by atoms with van der Waals surface area (Å²) in [5, 5.41) is 2.92. The van der Waals surface area contributed by atoms with Crippen molar-refractivity contribution in [2.45, 2.75) is 6.92 Å². The van der Waals surface area contributed by atoms with Crippen LogP contribution in [0.25, 0.3) is 5.03 Å². The summed E-state index contributed by atoms with van der Waals surface area (Å²) in [7, 11) is 0. The van der Waals surface area contributed by atoms with Crippen molar-refractivity contribution in [3.63, 3.8) is 0 Å². The Bertz CT molecular complexity index is 394. The van der Waals surface area contributed by atoms with E-state index in [0.29, 0.717) is 11.3 Å². The lowest BCUT2D eigenvalue weighted by Crippen LogP contribution is -2.05. The van der Waals surface area contributed by atoms with Gasteiger partial charge in [-0.05, 0) is 17.7 Å². The molecule has 0 unspecified atom stereocenters. The summed E-state index contributed by atoms with van der Waals surface area (Å²) >= 11 is 16.9. The van der Waals surface area contributed by atoms with Gasteiger partial charge in [0.25, 0.3) is 0 Å². The summed E-state index contributed by atoms with van der Waals surface area (Å²) < 4.78 is 0.0175. The van der Waals surface area contributed by atoms with Crippen LogP contribution in [0.2, 0.25) is 0 Å². The second kappa shape index (κ2) is 5.40. The minimum absolute atomic E-state index is 0.0175. The number of carbonyl (C=O) groups excluding carboxylic acids is 1. The first-order valence-corrected chi connectivity index (χ1v) is 5.23. The van der Waals surface area contributed by atoms with E-state index in [1.54, 1.807) is 24.3 Å². The predicted octanol–water partition coefficient (Wildman–Crippen LogP) is 3.99. The van der Waals surface area contributed by atoms with Crippen molar-refractivity contribution in [2.24, 2.45) is 0 Å². The van der Waals surface area contributed by atoms with Crippen LogP contribution in [-0.2, 0) is 4.79 Å². The molecule has 2 nitrogen and oxygen atoms in total. The molecule has 0 bridgehead atoms. The maximum Gasteiger partial charge on any atom is 0.221 e. The molecule has 0 fully saturated rings. The minimum Gasteiger partial charge on any atom is -0.326 e. The molecule has 1 rings (SSSR count). The van der Waals surface area contributed by atoms with Crippen LogP contribution < -0.4 is 5.32 Å². The molecule has 0 aliphatic heterocycles. The number of anilines is 1. The maximum atomic E-state index is 10.8. The van der Waals surface area contributed by atoms with Gasteiger partial charge in [0.2, 0.25) is 5.91 Å². The van der Waals surface area contributed by atoms with Crippen LogP contribution >= 0.6 is 34.8 Å². The molecule has 15 heavy (non-hydrogen) atoms. The largest absolute Gasteiger partial charge is 0.326 e. The summed E-state index contributed by atoms with van der Waals surface area (Å²) in [4.78, 5) is 10.8. The van der Waals surface area contributed by atoms with Crippen LogP contribution in [0.5, 0.6) is 0 Å². The number of hydrogen-bond donors (Lipinski definition) is 1. The number of halogens is 3. The number of benzene rings is 1. The molecule has 0 aromatic heterocycles. The van der Waals surface area contributed by atoms with Crippen LogP contribution in [0.1, 0.15) is 12.5 Å². The maximum absolute atomic E-state index is 10.8. The highest BCUT2D eigenvalue weighted by molar-refractivity contribution is 6.66. The van der Waals surface area contributed by atoms with E-state index in [0.717, 1.165) is 0 Å². The van der Waals surface area contributed by atoms with Gasteiger partial charge in [0.1, 0.15) is 4.49 Å². The Hall–Kier alpha value is -0.700. The first-order valence-electron chi connectivity index (χ1n) is 4.09. The van der Waals surface area contributed by atoms with E-state index in [4.69, 9.17) is 34.8 Å². The summed E-state index contributed by atoms with van der Waals surface area (Å²) in [5.41, 5.74) is 1.40. The quantitative estimate of drug-likeness (QED) is 0.860. The molecular weight excluding hydrogens is 256 g/mol. The lowest BCUT2D eigenvalue weighted by Gasteiger charge is -2.03. The van der Waals surface area contributed by atoms with Crippen molar-refractivity contribution in [1.29, 1.82) is 0 Å². The highest BCUT2D eigenvalue weighted by Gasteiger charge is 2.03. The van der Waals surface area contributed by atoms with Gasteiger partial charge in [-0.2, -0.15) is 0 Å². The van der Waals surface area contributed by atoms with Crippen LogP contribution in [0, 0.1) is 0 Å². The lowest BCUT2D eigenvalue weighted by atomic mass is 10.2. The van der Waals surface area contributed by atoms with Crippen LogP contribution in [0.15, 0.2) is 28.8 Å². The van der Waals surface area contributed by atoms with E-state index in [1.807, 2.05) is 0 Å². The van der Waals surface area contributed by atoms with Crippen molar-refractivity contribution in [3.8, 4) is 0 Å². The smallest absolute Gasteiger partial charge is 0.221 e. The zero-order valence-corrected chi connectivity index (χ0v) is 10.1. The van der Waals surface area contributed by atoms with E-state index >= 15 is 0 Å². The molecule has 0 heterocycles. The topological polar surface area (TPSA) is 29.1 Å². The Morgan fingerprint density at radius 3 is 2.07 bits per heavy atom. The third-order valence-corrected chi connectivity index (χ3v) is 2.60. The fourth-order valence-corrected chi connectivity index (χ4v) is 1.36. The van der Waals surface area contributed by atoms with Crippen LogP contribution in [0.4, 0.5) is 5.69 Å².